The minimum atomic E-state index is -0.0971. The lowest BCUT2D eigenvalue weighted by Crippen LogP contribution is -2.40. The van der Waals surface area contributed by atoms with E-state index in [-0.39, 0.29) is 17.7 Å². The number of nitrogens with zero attached hydrogens (tertiary/aromatic N) is 4. The molecule has 3 rings (SSSR count). The molecule has 1 amide bonds. The molecule has 1 aromatic rings. The molecule has 2 bridgehead atoms. The zero-order valence-electron chi connectivity index (χ0n) is 10.5. The van der Waals surface area contributed by atoms with Crippen LogP contribution in [0.1, 0.15) is 29.9 Å². The average Bonchev–Trinajstić information content (AvgIpc) is 2.84. The van der Waals surface area contributed by atoms with Crippen LogP contribution in [0.25, 0.3) is 0 Å². The average molecular weight is 250 g/mol. The monoisotopic (exact) mass is 250 g/mol. The topological polar surface area (TPSA) is 91.1 Å². The van der Waals surface area contributed by atoms with Crippen LogP contribution in [0.4, 0.5) is 5.95 Å². The van der Waals surface area contributed by atoms with E-state index < -0.39 is 0 Å². The number of hydrogen-bond acceptors (Lipinski definition) is 5. The van der Waals surface area contributed by atoms with E-state index in [0.29, 0.717) is 12.1 Å². The molecule has 3 N–H and O–H groups in total. The van der Waals surface area contributed by atoms with E-state index in [0.717, 1.165) is 19.5 Å². The van der Waals surface area contributed by atoms with Crippen LogP contribution in [0.2, 0.25) is 0 Å². The zero-order valence-corrected chi connectivity index (χ0v) is 10.5. The highest BCUT2D eigenvalue weighted by Gasteiger charge is 2.36. The number of carbonyl (C=O) groups is 1. The maximum atomic E-state index is 12.3. The summed E-state index contributed by atoms with van der Waals surface area (Å²) in [5.41, 5.74) is 5.43. The van der Waals surface area contributed by atoms with E-state index in [4.69, 9.17) is 5.73 Å². The van der Waals surface area contributed by atoms with Gasteiger partial charge in [0.2, 0.25) is 11.8 Å². The Balaban J connectivity index is 1.75. The zero-order chi connectivity index (χ0) is 12.7. The Morgan fingerprint density at radius 3 is 2.89 bits per heavy atom. The largest absolute Gasteiger partial charge is 0.366 e. The number of anilines is 1. The van der Waals surface area contributed by atoms with E-state index in [9.17, 15) is 4.79 Å². The lowest BCUT2D eigenvalue weighted by Gasteiger charge is -2.24. The van der Waals surface area contributed by atoms with Crippen molar-refractivity contribution in [2.24, 2.45) is 0 Å². The van der Waals surface area contributed by atoms with Gasteiger partial charge in [-0.25, -0.2) is 0 Å². The number of H-pyrrole nitrogens is 1. The molecule has 2 atom stereocenters. The van der Waals surface area contributed by atoms with Crippen molar-refractivity contribution in [3.63, 3.8) is 0 Å². The maximum Gasteiger partial charge on any atom is 0.291 e. The first kappa shape index (κ1) is 11.5. The quantitative estimate of drug-likeness (QED) is 0.713. The Labute approximate surface area is 105 Å². The minimum absolute atomic E-state index is 0.0971. The molecule has 2 saturated heterocycles. The van der Waals surface area contributed by atoms with Crippen LogP contribution in [0.3, 0.4) is 0 Å². The number of nitrogens with two attached hydrogens (primary N) is 1. The van der Waals surface area contributed by atoms with Gasteiger partial charge in [0.25, 0.3) is 5.91 Å². The minimum Gasteiger partial charge on any atom is -0.366 e. The summed E-state index contributed by atoms with van der Waals surface area (Å²) in [6.07, 6.45) is 3.45. The highest BCUT2D eigenvalue weighted by molar-refractivity contribution is 5.90. The van der Waals surface area contributed by atoms with E-state index >= 15 is 0 Å². The van der Waals surface area contributed by atoms with Gasteiger partial charge in [0.05, 0.1) is 0 Å². The second-order valence-corrected chi connectivity index (χ2v) is 5.13. The first-order chi connectivity index (χ1) is 8.65. The van der Waals surface area contributed by atoms with Crippen LogP contribution in [0.15, 0.2) is 0 Å². The summed E-state index contributed by atoms with van der Waals surface area (Å²) in [6, 6.07) is 1.09. The normalized spacial score (nSPS) is 28.4. The third kappa shape index (κ3) is 1.84. The number of rotatable bonds is 1. The van der Waals surface area contributed by atoms with Crippen LogP contribution in [0, 0.1) is 0 Å². The van der Waals surface area contributed by atoms with Crippen molar-refractivity contribution in [3.8, 4) is 0 Å². The van der Waals surface area contributed by atoms with Gasteiger partial charge in [0, 0.05) is 25.2 Å². The fourth-order valence-corrected chi connectivity index (χ4v) is 3.01. The van der Waals surface area contributed by atoms with Crippen molar-refractivity contribution >= 4 is 11.9 Å². The Hall–Kier alpha value is -1.63. The van der Waals surface area contributed by atoms with E-state index in [1.54, 1.807) is 0 Å². The SMILES string of the molecule is CN1[C@H]2CC[C@@H]1CN(C(=O)c1nc(N)n[nH]1)CC2. The predicted octanol–water partition coefficient (Wildman–Crippen LogP) is -0.304. The van der Waals surface area contributed by atoms with Gasteiger partial charge in [-0.05, 0) is 26.3 Å². The maximum absolute atomic E-state index is 12.3. The van der Waals surface area contributed by atoms with Gasteiger partial charge < -0.3 is 10.6 Å². The summed E-state index contributed by atoms with van der Waals surface area (Å²) >= 11 is 0. The van der Waals surface area contributed by atoms with Crippen LogP contribution in [-0.4, -0.2) is 63.1 Å². The molecule has 2 aliphatic rings. The van der Waals surface area contributed by atoms with Crippen molar-refractivity contribution in [3.05, 3.63) is 5.82 Å². The number of carbonyl (C=O) groups excluding carboxylic acids is 1. The van der Waals surface area contributed by atoms with Crippen LogP contribution in [-0.2, 0) is 0 Å². The molecule has 0 saturated carbocycles. The summed E-state index contributed by atoms with van der Waals surface area (Å²) in [6.45, 7) is 1.55. The van der Waals surface area contributed by atoms with Gasteiger partial charge in [0.1, 0.15) is 0 Å². The lowest BCUT2D eigenvalue weighted by molar-refractivity contribution is 0.0728. The Morgan fingerprint density at radius 2 is 2.17 bits per heavy atom. The highest BCUT2D eigenvalue weighted by Crippen LogP contribution is 2.28. The third-order valence-corrected chi connectivity index (χ3v) is 4.14. The summed E-state index contributed by atoms with van der Waals surface area (Å²) in [5.74, 6) is 0.264. The molecule has 0 spiro atoms. The number of nitrogen functional groups attached to an aromatic ring is 1. The van der Waals surface area contributed by atoms with Gasteiger partial charge in [-0.15, -0.1) is 5.10 Å². The highest BCUT2D eigenvalue weighted by atomic mass is 16.2. The molecule has 98 valence electrons. The summed E-state index contributed by atoms with van der Waals surface area (Å²) in [7, 11) is 2.16. The molecular formula is C11H18N6O. The number of aromatic nitrogens is 3. The first-order valence-corrected chi connectivity index (χ1v) is 6.34. The smallest absolute Gasteiger partial charge is 0.291 e. The molecular weight excluding hydrogens is 232 g/mol. The third-order valence-electron chi connectivity index (χ3n) is 4.14. The number of likely N-dealkylation sites (N-methyl/N-ethyl adjacent to an activating group) is 1. The van der Waals surface area contributed by atoms with Crippen LogP contribution in [0.5, 0.6) is 0 Å². The molecule has 0 aliphatic carbocycles. The summed E-state index contributed by atoms with van der Waals surface area (Å²) in [4.78, 5) is 20.4. The van der Waals surface area contributed by atoms with Gasteiger partial charge in [-0.3, -0.25) is 14.8 Å². The molecule has 1 aromatic heterocycles. The van der Waals surface area contributed by atoms with E-state index in [1.807, 2.05) is 4.90 Å². The van der Waals surface area contributed by atoms with Crippen molar-refractivity contribution in [2.75, 3.05) is 25.9 Å². The first-order valence-electron chi connectivity index (χ1n) is 6.34. The Bertz CT molecular complexity index is 458. The molecule has 18 heavy (non-hydrogen) atoms. The standard InChI is InChI=1S/C11H18N6O/c1-16-7-2-3-8(16)6-17(5-4-7)10(18)9-13-11(12)15-14-9/h7-8H,2-6H2,1H3,(H3,12,13,14,15)/t7-,8+/m0/s1. The predicted molar refractivity (Wildman–Crippen MR) is 65.9 cm³/mol. The number of aromatic amines is 1. The van der Waals surface area contributed by atoms with Crippen LogP contribution < -0.4 is 5.73 Å². The number of nitrogens with one attached hydrogen (secondary N) is 1. The number of fused-ring (bicyclic) bond motifs is 2. The second-order valence-electron chi connectivity index (χ2n) is 5.13. The Morgan fingerprint density at radius 1 is 1.39 bits per heavy atom. The Kier molecular flexibility index (Phi) is 2.70. The number of hydrogen-bond donors (Lipinski definition) is 2. The molecule has 2 aliphatic heterocycles. The lowest BCUT2D eigenvalue weighted by atomic mass is 10.1. The molecule has 7 nitrogen and oxygen atoms in total. The van der Waals surface area contributed by atoms with E-state index in [2.05, 4.69) is 27.1 Å². The molecule has 7 heteroatoms. The molecule has 3 heterocycles. The van der Waals surface area contributed by atoms with Crippen molar-refractivity contribution in [1.29, 1.82) is 0 Å². The van der Waals surface area contributed by atoms with Gasteiger partial charge >= 0.3 is 0 Å². The summed E-state index contributed by atoms with van der Waals surface area (Å²) < 4.78 is 0. The molecule has 0 unspecified atom stereocenters. The van der Waals surface area contributed by atoms with Crippen molar-refractivity contribution in [2.45, 2.75) is 31.3 Å². The fraction of sp³-hybridized carbons (Fsp3) is 0.727. The van der Waals surface area contributed by atoms with E-state index in [1.165, 1.54) is 12.8 Å². The van der Waals surface area contributed by atoms with Crippen LogP contribution >= 0.6 is 0 Å². The number of likely N-dealkylation sites (tertiary alicyclic amines) is 1. The molecule has 2 fully saturated rings. The van der Waals surface area contributed by atoms with Crippen molar-refractivity contribution in [1.82, 2.24) is 25.0 Å². The molecule has 0 aromatic carbocycles. The van der Waals surface area contributed by atoms with Gasteiger partial charge in [-0.1, -0.05) is 0 Å². The van der Waals surface area contributed by atoms with Gasteiger partial charge in [-0.2, -0.15) is 4.98 Å². The fourth-order valence-electron chi connectivity index (χ4n) is 3.01. The number of amides is 1. The summed E-state index contributed by atoms with van der Waals surface area (Å²) in [5, 5.41) is 6.29. The second kappa shape index (κ2) is 4.24. The van der Waals surface area contributed by atoms with Crippen molar-refractivity contribution < 1.29 is 4.79 Å². The van der Waals surface area contributed by atoms with Gasteiger partial charge in [0.15, 0.2) is 0 Å². The molecule has 0 radical (unpaired) electrons.